The number of benzene rings is 2. The number of nitrogens with one attached hydrogen (secondary N) is 1. The van der Waals surface area contributed by atoms with Crippen LogP contribution in [-0.2, 0) is 24.2 Å². The third-order valence-electron chi connectivity index (χ3n) is 6.46. The molecule has 39 heavy (non-hydrogen) atoms. The van der Waals surface area contributed by atoms with E-state index in [4.69, 9.17) is 11.6 Å². The quantitative estimate of drug-likeness (QED) is 0.178. The number of rotatable bonds is 11. The zero-order chi connectivity index (χ0) is 27.2. The van der Waals surface area contributed by atoms with Crippen LogP contribution < -0.4 is 0 Å². The summed E-state index contributed by atoms with van der Waals surface area (Å²) in [7, 11) is 0. The number of hydrogen-bond acceptors (Lipinski definition) is 6. The van der Waals surface area contributed by atoms with Crippen molar-refractivity contribution in [1.82, 2.24) is 30.2 Å². The molecule has 0 aliphatic rings. The zero-order valence-corrected chi connectivity index (χ0v) is 22.9. The third-order valence-corrected chi connectivity index (χ3v) is 7.61. The molecule has 5 aromatic rings. The number of aliphatic carboxylic acids is 1. The number of unbranched alkanes of at least 4 members (excludes halogenated alkanes) is 1. The molecule has 10 heteroatoms. The van der Waals surface area contributed by atoms with Gasteiger partial charge in [0.25, 0.3) is 0 Å². The first-order valence-electron chi connectivity index (χ1n) is 12.7. The lowest BCUT2D eigenvalue weighted by molar-refractivity contribution is -0.132. The van der Waals surface area contributed by atoms with E-state index >= 15 is 0 Å². The molecule has 0 amide bonds. The molecule has 5 rings (SSSR count). The molecule has 8 nitrogen and oxygen atoms in total. The second kappa shape index (κ2) is 12.2. The van der Waals surface area contributed by atoms with Crippen LogP contribution in [-0.4, -0.2) is 41.3 Å². The van der Waals surface area contributed by atoms with E-state index in [-0.39, 0.29) is 5.57 Å². The van der Waals surface area contributed by atoms with Gasteiger partial charge in [0, 0.05) is 35.4 Å². The van der Waals surface area contributed by atoms with Crippen molar-refractivity contribution in [3.63, 3.8) is 0 Å². The minimum atomic E-state index is -0.965. The first-order chi connectivity index (χ1) is 19.0. The Hall–Kier alpha value is -4.08. The van der Waals surface area contributed by atoms with Crippen LogP contribution in [0.2, 0.25) is 5.15 Å². The summed E-state index contributed by atoms with van der Waals surface area (Å²) in [5, 5.41) is 26.5. The lowest BCUT2D eigenvalue weighted by Crippen LogP contribution is -2.09. The molecule has 0 bridgehead atoms. The van der Waals surface area contributed by atoms with Crippen molar-refractivity contribution in [2.75, 3.05) is 0 Å². The summed E-state index contributed by atoms with van der Waals surface area (Å²) in [5.74, 6) is 0.491. The number of aryl methyl sites for hydroxylation is 1. The number of H-pyrrole nitrogens is 1. The average Bonchev–Trinajstić information content (AvgIpc) is 3.72. The largest absolute Gasteiger partial charge is 0.478 e. The second-order valence-electron chi connectivity index (χ2n) is 9.12. The minimum Gasteiger partial charge on any atom is -0.478 e. The van der Waals surface area contributed by atoms with Crippen LogP contribution in [0, 0.1) is 0 Å². The van der Waals surface area contributed by atoms with Crippen molar-refractivity contribution in [3.8, 4) is 22.5 Å². The van der Waals surface area contributed by atoms with Crippen molar-refractivity contribution < 1.29 is 9.90 Å². The summed E-state index contributed by atoms with van der Waals surface area (Å²) < 4.78 is 2.04. The first kappa shape index (κ1) is 26.5. The van der Waals surface area contributed by atoms with E-state index in [0.29, 0.717) is 29.6 Å². The first-order valence-corrected chi connectivity index (χ1v) is 13.9. The topological polar surface area (TPSA) is 110 Å². The maximum absolute atomic E-state index is 12.1. The normalized spacial score (nSPS) is 11.7. The van der Waals surface area contributed by atoms with Gasteiger partial charge in [0.15, 0.2) is 11.0 Å². The summed E-state index contributed by atoms with van der Waals surface area (Å²) in [6.07, 6.45) is 4.73. The fraction of sp³-hybridized carbons (Fsp3) is 0.207. The molecular weight excluding hydrogens is 532 g/mol. The number of halogens is 1. The maximum atomic E-state index is 12.1. The Balaban J connectivity index is 1.48. The summed E-state index contributed by atoms with van der Waals surface area (Å²) in [5.41, 5.74) is 4.90. The second-order valence-corrected chi connectivity index (χ2v) is 10.5. The summed E-state index contributed by atoms with van der Waals surface area (Å²) in [6.45, 7) is 2.65. The van der Waals surface area contributed by atoms with E-state index in [0.717, 1.165) is 52.2 Å². The molecule has 0 saturated carbocycles. The van der Waals surface area contributed by atoms with Crippen molar-refractivity contribution in [3.05, 3.63) is 98.7 Å². The van der Waals surface area contributed by atoms with E-state index < -0.39 is 5.97 Å². The maximum Gasteiger partial charge on any atom is 0.332 e. The number of carbonyl (C=O) groups is 1. The van der Waals surface area contributed by atoms with E-state index in [2.05, 4.69) is 56.8 Å². The average molecular weight is 559 g/mol. The number of nitrogens with zero attached hydrogens (tertiary/aromatic N) is 5. The van der Waals surface area contributed by atoms with Crippen LogP contribution in [0.4, 0.5) is 0 Å². The van der Waals surface area contributed by atoms with Gasteiger partial charge in [-0.3, -0.25) is 0 Å². The number of thiophene rings is 1. The Morgan fingerprint density at radius 2 is 1.90 bits per heavy atom. The lowest BCUT2D eigenvalue weighted by atomic mass is 9.98. The highest BCUT2D eigenvalue weighted by Gasteiger charge is 2.18. The highest BCUT2D eigenvalue weighted by Crippen LogP contribution is 2.30. The number of tetrazole rings is 1. The predicted octanol–water partition coefficient (Wildman–Crippen LogP) is 6.55. The van der Waals surface area contributed by atoms with E-state index in [1.807, 2.05) is 46.3 Å². The standard InChI is InChI=1S/C29H27ClN6O2S/c1-2-3-10-26-31-27(30)25(17-21(29(37)38)16-22-7-6-15-39-22)36(26)18-19-11-13-20(14-12-19)23-8-4-5-9-24(23)28-32-34-35-33-28/h4-9,11-15,17H,2-3,10,16,18H2,1H3,(H,37,38)(H,32,33,34,35)/b21-17+. The summed E-state index contributed by atoms with van der Waals surface area (Å²) in [6, 6.07) is 20.1. The monoisotopic (exact) mass is 558 g/mol. The fourth-order valence-electron chi connectivity index (χ4n) is 4.46. The van der Waals surface area contributed by atoms with Crippen molar-refractivity contribution in [2.24, 2.45) is 0 Å². The van der Waals surface area contributed by atoms with Gasteiger partial charge in [-0.15, -0.1) is 16.4 Å². The van der Waals surface area contributed by atoms with Crippen molar-refractivity contribution in [1.29, 1.82) is 0 Å². The Kier molecular flexibility index (Phi) is 8.29. The van der Waals surface area contributed by atoms with E-state index in [1.165, 1.54) is 11.3 Å². The number of hydrogen-bond donors (Lipinski definition) is 2. The van der Waals surface area contributed by atoms with Gasteiger partial charge in [-0.05, 0) is 51.1 Å². The molecule has 3 aromatic heterocycles. The number of imidazole rings is 1. The predicted molar refractivity (Wildman–Crippen MR) is 154 cm³/mol. The molecule has 198 valence electrons. The molecule has 0 aliphatic heterocycles. The Labute approximate surface area is 235 Å². The van der Waals surface area contributed by atoms with Crippen LogP contribution in [0.15, 0.2) is 71.6 Å². The van der Waals surface area contributed by atoms with Gasteiger partial charge in [0.1, 0.15) is 5.82 Å². The van der Waals surface area contributed by atoms with Gasteiger partial charge < -0.3 is 9.67 Å². The molecule has 0 unspecified atom stereocenters. The molecule has 2 aromatic carbocycles. The molecule has 0 saturated heterocycles. The lowest BCUT2D eigenvalue weighted by Gasteiger charge is -2.13. The number of carboxylic acids is 1. The van der Waals surface area contributed by atoms with Gasteiger partial charge >= 0.3 is 5.97 Å². The molecule has 0 atom stereocenters. The number of aromatic nitrogens is 6. The summed E-state index contributed by atoms with van der Waals surface area (Å²) in [4.78, 5) is 17.7. The minimum absolute atomic E-state index is 0.274. The molecule has 0 spiro atoms. The van der Waals surface area contributed by atoms with Crippen LogP contribution >= 0.6 is 22.9 Å². The molecule has 0 aliphatic carbocycles. The third kappa shape index (κ3) is 6.16. The smallest absolute Gasteiger partial charge is 0.332 e. The number of aromatic amines is 1. The van der Waals surface area contributed by atoms with Gasteiger partial charge in [0.05, 0.1) is 5.69 Å². The van der Waals surface area contributed by atoms with Gasteiger partial charge in [0.2, 0.25) is 0 Å². The van der Waals surface area contributed by atoms with Crippen LogP contribution in [0.1, 0.15) is 41.7 Å². The highest BCUT2D eigenvalue weighted by atomic mass is 35.5. The Morgan fingerprint density at radius 1 is 1.10 bits per heavy atom. The molecule has 0 fully saturated rings. The SMILES string of the molecule is CCCCc1nc(Cl)c(/C=C(\Cc2cccs2)C(=O)O)n1Cc1ccc(-c2ccccc2-c2nnn[nH]2)cc1. The number of carboxylic acid groups (broad SMARTS) is 1. The Morgan fingerprint density at radius 3 is 2.56 bits per heavy atom. The van der Waals surface area contributed by atoms with E-state index in [9.17, 15) is 9.90 Å². The molecule has 3 heterocycles. The van der Waals surface area contributed by atoms with Crippen LogP contribution in [0.5, 0.6) is 0 Å². The zero-order valence-electron chi connectivity index (χ0n) is 21.3. The van der Waals surface area contributed by atoms with E-state index in [1.54, 1.807) is 6.08 Å². The highest BCUT2D eigenvalue weighted by molar-refractivity contribution is 7.09. The molecule has 2 N–H and O–H groups in total. The molecule has 0 radical (unpaired) electrons. The fourth-order valence-corrected chi connectivity index (χ4v) is 5.44. The van der Waals surface area contributed by atoms with Crippen LogP contribution in [0.25, 0.3) is 28.6 Å². The van der Waals surface area contributed by atoms with Crippen LogP contribution in [0.3, 0.4) is 0 Å². The van der Waals surface area contributed by atoms with Crippen molar-refractivity contribution in [2.45, 2.75) is 39.2 Å². The Bertz CT molecular complexity index is 1570. The summed E-state index contributed by atoms with van der Waals surface area (Å²) >= 11 is 8.15. The van der Waals surface area contributed by atoms with Gasteiger partial charge in [-0.1, -0.05) is 79.5 Å². The van der Waals surface area contributed by atoms with Crippen molar-refractivity contribution >= 4 is 35.0 Å². The van der Waals surface area contributed by atoms with Gasteiger partial charge in [-0.2, -0.15) is 0 Å². The molecular formula is C29H27ClN6O2S. The van der Waals surface area contributed by atoms with Gasteiger partial charge in [-0.25, -0.2) is 14.9 Å².